The molecule has 0 bridgehead atoms. The van der Waals surface area contributed by atoms with Crippen LogP contribution in [0.5, 0.6) is 0 Å². The molecular weight excluding hydrogens is 512 g/mol. The van der Waals surface area contributed by atoms with Gasteiger partial charge in [-0.05, 0) is 59.3 Å². The molecule has 29 heavy (non-hydrogen) atoms. The number of nitrogens with zero attached hydrogens (tertiary/aromatic N) is 1. The Balaban J connectivity index is 1.72. The van der Waals surface area contributed by atoms with Crippen LogP contribution in [0.3, 0.4) is 0 Å². The molecule has 0 amide bonds. The zero-order valence-corrected chi connectivity index (χ0v) is 18.9. The maximum atomic E-state index is 11.4. The second-order valence-electron chi connectivity index (χ2n) is 8.13. The minimum atomic E-state index is -2.12. The van der Waals surface area contributed by atoms with Crippen molar-refractivity contribution in [1.29, 1.82) is 0 Å². The van der Waals surface area contributed by atoms with Crippen molar-refractivity contribution in [2.24, 2.45) is 0 Å². The molecule has 5 atom stereocenters. The first-order chi connectivity index (χ1) is 13.7. The second-order valence-corrected chi connectivity index (χ2v) is 9.90. The molecule has 1 saturated heterocycles. The number of ether oxygens (including phenoxy) is 1. The highest BCUT2D eigenvalue weighted by Crippen LogP contribution is 2.43. The van der Waals surface area contributed by atoms with Gasteiger partial charge >= 0.3 is 0 Å². The lowest BCUT2D eigenvalue weighted by molar-refractivity contribution is -0.265. The summed E-state index contributed by atoms with van der Waals surface area (Å²) in [5, 5.41) is 54.9. The van der Waals surface area contributed by atoms with E-state index in [0.29, 0.717) is 19.4 Å². The van der Waals surface area contributed by atoms with Crippen molar-refractivity contribution in [2.45, 2.75) is 74.6 Å². The van der Waals surface area contributed by atoms with Crippen LogP contribution in [-0.4, -0.2) is 79.5 Å². The van der Waals surface area contributed by atoms with E-state index in [2.05, 4.69) is 37.2 Å². The number of rotatable bonds is 3. The molecule has 2 fully saturated rings. The summed E-state index contributed by atoms with van der Waals surface area (Å²) in [6.07, 6.45) is -2.46. The van der Waals surface area contributed by atoms with E-state index in [-0.39, 0.29) is 12.1 Å². The van der Waals surface area contributed by atoms with Gasteiger partial charge in [0.25, 0.3) is 0 Å². The molecule has 6 N–H and O–H groups in total. The van der Waals surface area contributed by atoms with E-state index in [4.69, 9.17) is 4.74 Å². The minimum Gasteiger partial charge on any atom is -0.394 e. The molecule has 2 aliphatic heterocycles. The molecule has 1 unspecified atom stereocenters. The lowest BCUT2D eigenvalue weighted by atomic mass is 9.89. The van der Waals surface area contributed by atoms with Crippen LogP contribution in [0.1, 0.15) is 31.2 Å². The van der Waals surface area contributed by atoms with Gasteiger partial charge in [-0.3, -0.25) is 4.90 Å². The molecule has 1 aliphatic carbocycles. The van der Waals surface area contributed by atoms with Crippen molar-refractivity contribution in [3.8, 4) is 0 Å². The van der Waals surface area contributed by atoms with Crippen molar-refractivity contribution in [3.05, 3.63) is 26.6 Å². The minimum absolute atomic E-state index is 0.0481. The summed E-state index contributed by atoms with van der Waals surface area (Å²) >= 11 is 7.05. The monoisotopic (exact) mass is 536 g/mol. The van der Waals surface area contributed by atoms with Crippen molar-refractivity contribution in [1.82, 2.24) is 4.90 Å². The summed E-state index contributed by atoms with van der Waals surface area (Å²) in [5.41, 5.74) is 1.78. The fourth-order valence-electron chi connectivity index (χ4n) is 4.69. The van der Waals surface area contributed by atoms with Crippen LogP contribution in [0.25, 0.3) is 0 Å². The molecule has 10 heteroatoms. The van der Waals surface area contributed by atoms with Gasteiger partial charge in [-0.25, -0.2) is 0 Å². The van der Waals surface area contributed by atoms with Gasteiger partial charge in [0.2, 0.25) is 5.79 Å². The average Bonchev–Trinajstić information content (AvgIpc) is 2.92. The van der Waals surface area contributed by atoms with Gasteiger partial charge in [0.05, 0.1) is 18.4 Å². The maximum Gasteiger partial charge on any atom is 0.230 e. The first-order valence-electron chi connectivity index (χ1n) is 9.80. The van der Waals surface area contributed by atoms with Gasteiger partial charge in [-0.15, -0.1) is 0 Å². The molecule has 1 aromatic rings. The van der Waals surface area contributed by atoms with Gasteiger partial charge in [0, 0.05) is 21.5 Å². The molecule has 162 valence electrons. The standard InChI is InChI=1S/C19H26Br2N2O6/c20-10-5-9-7-23(11-1-3-12(25)4-2-11)18(22-15(9)13(21)6-10)19(28)17(27)16(26)14(8-24)29-19/h5-6,11-12,14,16-18,22,24-28H,1-4,7-8H2/t11?,12?,14-,16-,17+,18?,19-/m1/s1. The summed E-state index contributed by atoms with van der Waals surface area (Å²) in [4.78, 5) is 2.03. The summed E-state index contributed by atoms with van der Waals surface area (Å²) in [6, 6.07) is 3.93. The van der Waals surface area contributed by atoms with Gasteiger partial charge in [0.15, 0.2) is 0 Å². The third kappa shape index (κ3) is 3.88. The van der Waals surface area contributed by atoms with Crippen LogP contribution in [0, 0.1) is 0 Å². The lowest BCUT2D eigenvalue weighted by Gasteiger charge is -2.49. The Morgan fingerprint density at radius 3 is 2.45 bits per heavy atom. The van der Waals surface area contributed by atoms with Crippen molar-refractivity contribution in [2.75, 3.05) is 11.9 Å². The topological polar surface area (TPSA) is 126 Å². The van der Waals surface area contributed by atoms with Gasteiger partial charge in [-0.1, -0.05) is 15.9 Å². The maximum absolute atomic E-state index is 11.4. The van der Waals surface area contributed by atoms with E-state index in [1.807, 2.05) is 17.0 Å². The first-order valence-corrected chi connectivity index (χ1v) is 11.4. The van der Waals surface area contributed by atoms with Crippen LogP contribution in [0.4, 0.5) is 5.69 Å². The molecule has 0 aromatic heterocycles. The Morgan fingerprint density at radius 1 is 1.14 bits per heavy atom. The van der Waals surface area contributed by atoms with Crippen LogP contribution in [0.15, 0.2) is 21.1 Å². The van der Waals surface area contributed by atoms with E-state index >= 15 is 0 Å². The summed E-state index contributed by atoms with van der Waals surface area (Å²) in [6.45, 7) is -0.0276. The number of benzene rings is 1. The summed E-state index contributed by atoms with van der Waals surface area (Å²) in [7, 11) is 0. The number of anilines is 1. The molecule has 0 spiro atoms. The van der Waals surface area contributed by atoms with Gasteiger partial charge in [-0.2, -0.15) is 0 Å². The third-order valence-electron chi connectivity index (χ3n) is 6.28. The molecular formula is C19H26Br2N2O6. The fourth-order valence-corrected chi connectivity index (χ4v) is 6.12. The Hall–Kier alpha value is -0.300. The Bertz CT molecular complexity index is 762. The number of aliphatic hydroxyl groups excluding tert-OH is 4. The quantitative estimate of drug-likeness (QED) is 0.335. The number of halogens is 2. The van der Waals surface area contributed by atoms with Gasteiger partial charge < -0.3 is 35.6 Å². The average molecular weight is 538 g/mol. The van der Waals surface area contributed by atoms with Crippen LogP contribution >= 0.6 is 31.9 Å². The Morgan fingerprint density at radius 2 is 1.83 bits per heavy atom. The number of aliphatic hydroxyl groups is 5. The zero-order chi connectivity index (χ0) is 20.9. The van der Waals surface area contributed by atoms with E-state index in [1.54, 1.807) is 0 Å². The van der Waals surface area contributed by atoms with Gasteiger partial charge in [0.1, 0.15) is 24.5 Å². The molecule has 8 nitrogen and oxygen atoms in total. The number of hydrogen-bond acceptors (Lipinski definition) is 8. The van der Waals surface area contributed by atoms with Crippen LogP contribution in [0.2, 0.25) is 0 Å². The SMILES string of the molecule is OC[C@H]1O[C@@](O)(C2Nc3c(Br)cc(Br)cc3CN2C2CCC(O)CC2)[C@@H](O)[C@@H]1O. The van der Waals surface area contributed by atoms with E-state index in [9.17, 15) is 25.5 Å². The zero-order valence-electron chi connectivity index (χ0n) is 15.7. The molecule has 0 radical (unpaired) electrons. The fraction of sp³-hybridized carbons (Fsp3) is 0.684. The highest BCUT2D eigenvalue weighted by molar-refractivity contribution is 9.11. The first kappa shape index (κ1) is 21.9. The van der Waals surface area contributed by atoms with Crippen LogP contribution in [-0.2, 0) is 11.3 Å². The molecule has 4 rings (SSSR count). The predicted octanol–water partition coefficient (Wildman–Crippen LogP) is 0.870. The Kier molecular flexibility index (Phi) is 6.29. The molecule has 2 heterocycles. The predicted molar refractivity (Wildman–Crippen MR) is 112 cm³/mol. The van der Waals surface area contributed by atoms with E-state index < -0.39 is 36.9 Å². The smallest absolute Gasteiger partial charge is 0.230 e. The Labute approximate surface area is 185 Å². The summed E-state index contributed by atoms with van der Waals surface area (Å²) < 4.78 is 7.31. The summed E-state index contributed by atoms with van der Waals surface area (Å²) in [5.74, 6) is -2.12. The lowest BCUT2D eigenvalue weighted by Crippen LogP contribution is -2.66. The largest absolute Gasteiger partial charge is 0.394 e. The highest BCUT2D eigenvalue weighted by atomic mass is 79.9. The molecule has 1 aromatic carbocycles. The van der Waals surface area contributed by atoms with Crippen molar-refractivity contribution < 1.29 is 30.3 Å². The van der Waals surface area contributed by atoms with Crippen molar-refractivity contribution >= 4 is 37.5 Å². The number of fused-ring (bicyclic) bond motifs is 1. The molecule has 3 aliphatic rings. The van der Waals surface area contributed by atoms with Crippen LogP contribution < -0.4 is 5.32 Å². The number of nitrogens with one attached hydrogen (secondary N) is 1. The van der Waals surface area contributed by atoms with E-state index in [0.717, 1.165) is 33.0 Å². The number of hydrogen-bond donors (Lipinski definition) is 6. The second kappa shape index (κ2) is 8.33. The van der Waals surface area contributed by atoms with E-state index in [1.165, 1.54) is 0 Å². The third-order valence-corrected chi connectivity index (χ3v) is 7.36. The normalized spacial score (nSPS) is 40.5. The highest BCUT2D eigenvalue weighted by Gasteiger charge is 2.60. The molecule has 1 saturated carbocycles. The van der Waals surface area contributed by atoms with Crippen molar-refractivity contribution in [3.63, 3.8) is 0 Å².